The van der Waals surface area contributed by atoms with Crippen molar-refractivity contribution >= 4 is 35.3 Å². The molecule has 3 N–H and O–H groups in total. The largest absolute Gasteiger partial charge is 0.379 e. The summed E-state index contributed by atoms with van der Waals surface area (Å²) in [7, 11) is 1.54. The lowest BCUT2D eigenvalue weighted by atomic mass is 10.0. The third-order valence-electron chi connectivity index (χ3n) is 4.90. The van der Waals surface area contributed by atoms with Gasteiger partial charge in [-0.15, -0.1) is 11.6 Å². The highest BCUT2D eigenvalue weighted by Crippen LogP contribution is 2.20. The van der Waals surface area contributed by atoms with Gasteiger partial charge in [0, 0.05) is 36.4 Å². The minimum atomic E-state index is -0.288. The second kappa shape index (κ2) is 10.6. The predicted molar refractivity (Wildman–Crippen MR) is 117 cm³/mol. The summed E-state index contributed by atoms with van der Waals surface area (Å²) in [4.78, 5) is 18.7. The van der Waals surface area contributed by atoms with Gasteiger partial charge in [0.25, 0.3) is 0 Å². The van der Waals surface area contributed by atoms with Crippen molar-refractivity contribution in [3.05, 3.63) is 46.4 Å². The Hall–Kier alpha value is -2.42. The Bertz CT molecular complexity index is 912. The van der Waals surface area contributed by atoms with Crippen LogP contribution in [0.1, 0.15) is 18.7 Å². The van der Waals surface area contributed by atoms with Gasteiger partial charge in [0.15, 0.2) is 0 Å². The van der Waals surface area contributed by atoms with Crippen molar-refractivity contribution in [1.29, 1.82) is 5.41 Å². The van der Waals surface area contributed by atoms with Crippen LogP contribution in [-0.4, -0.2) is 59.2 Å². The summed E-state index contributed by atoms with van der Waals surface area (Å²) in [5, 5.41) is 18.2. The number of allylic oxidation sites excluding steroid dienone is 1. The Morgan fingerprint density at radius 1 is 1.40 bits per heavy atom. The number of likely N-dealkylation sites (tertiary alicyclic amines) is 1. The summed E-state index contributed by atoms with van der Waals surface area (Å²) in [5.74, 6) is 0.808. The number of benzene rings is 1. The van der Waals surface area contributed by atoms with Gasteiger partial charge in [-0.25, -0.2) is 0 Å². The third-order valence-corrected chi connectivity index (χ3v) is 5.42. The molecule has 160 valence electrons. The first-order valence-electron chi connectivity index (χ1n) is 9.63. The van der Waals surface area contributed by atoms with Gasteiger partial charge in [-0.1, -0.05) is 16.8 Å². The molecule has 1 aromatic heterocycles. The number of hydrogen-bond donors (Lipinski definition) is 3. The molecule has 0 saturated carbocycles. The van der Waals surface area contributed by atoms with Crippen molar-refractivity contribution in [3.63, 3.8) is 0 Å². The highest BCUT2D eigenvalue weighted by Gasteiger charge is 2.23. The first kappa shape index (κ1) is 22.3. The van der Waals surface area contributed by atoms with Crippen LogP contribution in [0.25, 0.3) is 11.4 Å². The van der Waals surface area contributed by atoms with Crippen LogP contribution >= 0.6 is 23.2 Å². The fraction of sp³-hybridized carbons (Fsp3) is 0.400. The van der Waals surface area contributed by atoms with E-state index in [1.807, 2.05) is 12.1 Å². The molecule has 2 heterocycles. The number of carbonyl (C=O) groups is 1. The van der Waals surface area contributed by atoms with Crippen LogP contribution < -0.4 is 10.6 Å². The summed E-state index contributed by atoms with van der Waals surface area (Å²) in [5.41, 5.74) is 1.64. The molecule has 1 atom stereocenters. The van der Waals surface area contributed by atoms with E-state index in [0.29, 0.717) is 34.6 Å². The number of likely N-dealkylation sites (N-methyl/N-ethyl adjacent to an activating group) is 1. The molecule has 0 spiro atoms. The van der Waals surface area contributed by atoms with Crippen LogP contribution in [0.2, 0.25) is 5.02 Å². The molecule has 3 rings (SSSR count). The molecule has 1 saturated heterocycles. The van der Waals surface area contributed by atoms with Crippen molar-refractivity contribution < 1.29 is 9.32 Å². The predicted octanol–water partition coefficient (Wildman–Crippen LogP) is 2.83. The number of aromatic nitrogens is 2. The molecule has 1 amide bonds. The first-order valence-corrected chi connectivity index (χ1v) is 10.5. The molecule has 2 aromatic rings. The monoisotopic (exact) mass is 450 g/mol. The molecular weight excluding hydrogens is 427 g/mol. The molecule has 8 nitrogen and oxygen atoms in total. The number of nitrogens with zero attached hydrogens (tertiary/aromatic N) is 3. The van der Waals surface area contributed by atoms with Crippen LogP contribution in [0.4, 0.5) is 0 Å². The van der Waals surface area contributed by atoms with Crippen LogP contribution in [0, 0.1) is 5.41 Å². The normalized spacial score (nSPS) is 17.9. The summed E-state index contributed by atoms with van der Waals surface area (Å²) in [6, 6.07) is 7.36. The molecule has 0 bridgehead atoms. The van der Waals surface area contributed by atoms with Crippen molar-refractivity contribution in [2.24, 2.45) is 0 Å². The molecule has 30 heavy (non-hydrogen) atoms. The van der Waals surface area contributed by atoms with Crippen LogP contribution in [0.15, 0.2) is 40.1 Å². The van der Waals surface area contributed by atoms with E-state index in [1.54, 1.807) is 19.2 Å². The molecule has 0 aliphatic carbocycles. The minimum Gasteiger partial charge on any atom is -0.379 e. The smallest absolute Gasteiger partial charge is 0.250 e. The maximum atomic E-state index is 12.0. The molecule has 1 fully saturated rings. The molecule has 10 heteroatoms. The van der Waals surface area contributed by atoms with Gasteiger partial charge in [-0.3, -0.25) is 9.69 Å². The number of carbonyl (C=O) groups excluding carboxylic acids is 1. The van der Waals surface area contributed by atoms with Gasteiger partial charge < -0.3 is 20.6 Å². The Labute approximate surface area is 185 Å². The van der Waals surface area contributed by atoms with Gasteiger partial charge in [0.05, 0.1) is 23.7 Å². The Kier molecular flexibility index (Phi) is 7.84. The number of halogens is 2. The van der Waals surface area contributed by atoms with E-state index in [4.69, 9.17) is 33.1 Å². The Morgan fingerprint density at radius 3 is 2.83 bits per heavy atom. The van der Waals surface area contributed by atoms with Gasteiger partial charge in [0.1, 0.15) is 0 Å². The van der Waals surface area contributed by atoms with Gasteiger partial charge in [0.2, 0.25) is 17.6 Å². The number of piperidine rings is 1. The first-order chi connectivity index (χ1) is 14.5. The second-order valence-corrected chi connectivity index (χ2v) is 7.69. The van der Waals surface area contributed by atoms with Gasteiger partial charge in [-0.05, 0) is 43.7 Å². The minimum absolute atomic E-state index is 0.0310. The van der Waals surface area contributed by atoms with E-state index in [-0.39, 0.29) is 17.8 Å². The second-order valence-electron chi connectivity index (χ2n) is 6.99. The Balaban J connectivity index is 1.64. The number of rotatable bonds is 8. The quantitative estimate of drug-likeness (QED) is 0.324. The summed E-state index contributed by atoms with van der Waals surface area (Å²) < 4.78 is 5.42. The highest BCUT2D eigenvalue weighted by molar-refractivity contribution is 6.30. The van der Waals surface area contributed by atoms with Crippen LogP contribution in [0.3, 0.4) is 0 Å². The van der Waals surface area contributed by atoms with Crippen LogP contribution in [-0.2, 0) is 11.3 Å². The average molecular weight is 451 g/mol. The molecule has 1 aliphatic heterocycles. The maximum absolute atomic E-state index is 12.0. The van der Waals surface area contributed by atoms with E-state index in [2.05, 4.69) is 25.7 Å². The SMILES string of the molecule is CNC(=O)/C(CCl)=C(\C=N)NC1CCCN(Cc2nc(-c3ccc(Cl)cc3)no2)C1. The third kappa shape index (κ3) is 5.59. The van der Waals surface area contributed by atoms with E-state index in [1.165, 1.54) is 0 Å². The van der Waals surface area contributed by atoms with E-state index in [0.717, 1.165) is 37.7 Å². The summed E-state index contributed by atoms with van der Waals surface area (Å²) in [6.07, 6.45) is 3.04. The number of hydrogen-bond acceptors (Lipinski definition) is 7. The van der Waals surface area contributed by atoms with Crippen molar-refractivity contribution in [1.82, 2.24) is 25.7 Å². The van der Waals surface area contributed by atoms with E-state index >= 15 is 0 Å². The van der Waals surface area contributed by atoms with Crippen molar-refractivity contribution in [2.75, 3.05) is 26.0 Å². The van der Waals surface area contributed by atoms with Crippen molar-refractivity contribution in [3.8, 4) is 11.4 Å². The molecular formula is C20H24Cl2N6O2. The van der Waals surface area contributed by atoms with Crippen LogP contribution in [0.5, 0.6) is 0 Å². The number of amides is 1. The lowest BCUT2D eigenvalue weighted by molar-refractivity contribution is -0.117. The maximum Gasteiger partial charge on any atom is 0.250 e. The lowest BCUT2D eigenvalue weighted by Crippen LogP contribution is -2.45. The molecule has 1 aromatic carbocycles. The van der Waals surface area contributed by atoms with Gasteiger partial charge >= 0.3 is 0 Å². The van der Waals surface area contributed by atoms with Gasteiger partial charge in [-0.2, -0.15) is 4.98 Å². The fourth-order valence-corrected chi connectivity index (χ4v) is 3.78. The summed E-state index contributed by atoms with van der Waals surface area (Å²) in [6.45, 7) is 2.15. The molecule has 1 aliphatic rings. The fourth-order valence-electron chi connectivity index (χ4n) is 3.39. The number of nitrogens with one attached hydrogen (secondary N) is 3. The molecule has 1 unspecified atom stereocenters. The van der Waals surface area contributed by atoms with Crippen molar-refractivity contribution in [2.45, 2.75) is 25.4 Å². The summed E-state index contributed by atoms with van der Waals surface area (Å²) >= 11 is 11.8. The zero-order valence-electron chi connectivity index (χ0n) is 16.6. The van der Waals surface area contributed by atoms with E-state index < -0.39 is 0 Å². The standard InChI is InChI=1S/C20H24Cl2N6O2/c1-24-20(29)16(9-21)17(10-23)25-15-3-2-8-28(11-15)12-18-26-19(27-30-18)13-4-6-14(22)7-5-13/h4-7,10,15,23,25H,2-3,8-9,11-12H2,1H3,(H,24,29)/b17-16+,23-10?. The zero-order valence-corrected chi connectivity index (χ0v) is 18.1. The highest BCUT2D eigenvalue weighted by atomic mass is 35.5. The topological polar surface area (TPSA) is 107 Å². The Morgan fingerprint density at radius 2 is 2.17 bits per heavy atom. The van der Waals surface area contributed by atoms with E-state index in [9.17, 15) is 4.79 Å². The molecule has 0 radical (unpaired) electrons. The average Bonchev–Trinajstić information content (AvgIpc) is 3.22. The lowest BCUT2D eigenvalue weighted by Gasteiger charge is -2.33. The number of alkyl halides is 1. The zero-order chi connectivity index (χ0) is 21.5.